The van der Waals surface area contributed by atoms with E-state index in [4.69, 9.17) is 19.7 Å². The molecule has 2 N–H and O–H groups in total. The van der Waals surface area contributed by atoms with Crippen molar-refractivity contribution in [3.05, 3.63) is 23.9 Å². The van der Waals surface area contributed by atoms with Gasteiger partial charge in [0.05, 0.1) is 26.0 Å². The minimum absolute atomic E-state index is 0.170. The number of benzene rings is 1. The molecule has 0 saturated carbocycles. The molecule has 96 valence electrons. The molecular weight excluding hydrogens is 239 g/mol. The van der Waals surface area contributed by atoms with Crippen LogP contribution in [0.3, 0.4) is 0 Å². The molecule has 1 heterocycles. The topological polar surface area (TPSA) is 70.5 Å². The van der Waals surface area contributed by atoms with Crippen molar-refractivity contribution >= 4 is 5.88 Å². The number of nitrogens with zero attached hydrogens (tertiary/aromatic N) is 1. The predicted octanol–water partition coefficient (Wildman–Crippen LogP) is 2.41. The Labute approximate surface area is 103 Å². The van der Waals surface area contributed by atoms with Crippen LogP contribution in [0, 0.1) is 0 Å². The Hall–Kier alpha value is -2.24. The van der Waals surface area contributed by atoms with E-state index in [1.54, 1.807) is 12.1 Å². The van der Waals surface area contributed by atoms with Gasteiger partial charge in [0.2, 0.25) is 5.88 Å². The molecule has 1 aromatic heterocycles. The average Bonchev–Trinajstić information content (AvgIpc) is 2.83. The Morgan fingerprint density at radius 1 is 1.22 bits per heavy atom. The fraction of sp³-hybridized carbons (Fsp3) is 0.250. The van der Waals surface area contributed by atoms with Crippen molar-refractivity contribution in [2.24, 2.45) is 0 Å². The number of alkyl halides is 1. The minimum atomic E-state index is -0.640. The van der Waals surface area contributed by atoms with Gasteiger partial charge in [-0.2, -0.15) is 0 Å². The van der Waals surface area contributed by atoms with E-state index in [1.165, 1.54) is 20.4 Å². The number of hydrogen-bond acceptors (Lipinski definition) is 5. The van der Waals surface area contributed by atoms with Gasteiger partial charge in [0.25, 0.3) is 0 Å². The lowest BCUT2D eigenvalue weighted by Gasteiger charge is -2.12. The molecule has 2 aromatic rings. The van der Waals surface area contributed by atoms with E-state index in [0.717, 1.165) is 0 Å². The third-order valence-corrected chi connectivity index (χ3v) is 2.63. The number of rotatable bonds is 4. The lowest BCUT2D eigenvalue weighted by atomic mass is 10.0. The van der Waals surface area contributed by atoms with E-state index in [-0.39, 0.29) is 5.88 Å². The number of halogens is 1. The highest BCUT2D eigenvalue weighted by atomic mass is 19.1. The highest BCUT2D eigenvalue weighted by molar-refractivity contribution is 5.78. The number of anilines is 1. The zero-order chi connectivity index (χ0) is 13.1. The first kappa shape index (κ1) is 12.2. The molecule has 0 radical (unpaired) electrons. The quantitative estimate of drug-likeness (QED) is 0.904. The molecule has 0 unspecified atom stereocenters. The van der Waals surface area contributed by atoms with Crippen molar-refractivity contribution in [2.75, 3.05) is 20.0 Å². The first-order chi connectivity index (χ1) is 8.71. The summed E-state index contributed by atoms with van der Waals surface area (Å²) in [6.07, 6.45) is 1.47. The molecule has 0 aliphatic carbocycles. The Kier molecular flexibility index (Phi) is 3.36. The third-order valence-electron chi connectivity index (χ3n) is 2.63. The van der Waals surface area contributed by atoms with Crippen LogP contribution in [-0.4, -0.2) is 19.4 Å². The van der Waals surface area contributed by atoms with Crippen LogP contribution >= 0.6 is 0 Å². The van der Waals surface area contributed by atoms with Crippen molar-refractivity contribution in [1.82, 2.24) is 5.16 Å². The van der Waals surface area contributed by atoms with Gasteiger partial charge in [-0.15, -0.1) is 0 Å². The second-order valence-electron chi connectivity index (χ2n) is 3.60. The van der Waals surface area contributed by atoms with Crippen LogP contribution in [0.1, 0.15) is 5.56 Å². The predicted molar refractivity (Wildman–Crippen MR) is 64.3 cm³/mol. The molecule has 18 heavy (non-hydrogen) atoms. The van der Waals surface area contributed by atoms with E-state index in [2.05, 4.69) is 5.16 Å². The largest absolute Gasteiger partial charge is 0.496 e. The summed E-state index contributed by atoms with van der Waals surface area (Å²) >= 11 is 0. The van der Waals surface area contributed by atoms with Gasteiger partial charge in [-0.1, -0.05) is 5.16 Å². The zero-order valence-electron chi connectivity index (χ0n) is 10.1. The summed E-state index contributed by atoms with van der Waals surface area (Å²) < 4.78 is 28.0. The fourth-order valence-electron chi connectivity index (χ4n) is 1.73. The molecular formula is C12H13FN2O3. The maximum Gasteiger partial charge on any atom is 0.230 e. The summed E-state index contributed by atoms with van der Waals surface area (Å²) in [6.45, 7) is -0.640. The van der Waals surface area contributed by atoms with Gasteiger partial charge in [-0.05, 0) is 12.1 Å². The van der Waals surface area contributed by atoms with E-state index in [9.17, 15) is 4.39 Å². The van der Waals surface area contributed by atoms with E-state index in [0.29, 0.717) is 28.2 Å². The molecule has 6 heteroatoms. The summed E-state index contributed by atoms with van der Waals surface area (Å²) in [5, 5.41) is 3.60. The van der Waals surface area contributed by atoms with Crippen molar-refractivity contribution in [2.45, 2.75) is 6.67 Å². The maximum absolute atomic E-state index is 12.9. The molecule has 0 fully saturated rings. The van der Waals surface area contributed by atoms with Gasteiger partial charge in [0.1, 0.15) is 18.2 Å². The van der Waals surface area contributed by atoms with Crippen LogP contribution in [0.4, 0.5) is 10.3 Å². The average molecular weight is 252 g/mol. The molecule has 0 amide bonds. The van der Waals surface area contributed by atoms with E-state index in [1.807, 2.05) is 0 Å². The van der Waals surface area contributed by atoms with E-state index < -0.39 is 6.67 Å². The molecule has 0 saturated heterocycles. The van der Waals surface area contributed by atoms with Crippen LogP contribution < -0.4 is 15.2 Å². The zero-order valence-corrected chi connectivity index (χ0v) is 10.1. The fourth-order valence-corrected chi connectivity index (χ4v) is 1.73. The Morgan fingerprint density at radius 3 is 2.44 bits per heavy atom. The molecule has 1 aromatic carbocycles. The first-order valence-electron chi connectivity index (χ1n) is 5.22. The van der Waals surface area contributed by atoms with Gasteiger partial charge in [-0.25, -0.2) is 4.39 Å². The Morgan fingerprint density at radius 2 is 1.94 bits per heavy atom. The number of methoxy groups -OCH3 is 2. The molecule has 2 rings (SSSR count). The van der Waals surface area contributed by atoms with Crippen LogP contribution in [-0.2, 0) is 6.67 Å². The Bertz CT molecular complexity index is 554. The SMILES string of the molecule is COc1cc(-c2cnoc2N)c(OC)cc1CF. The van der Waals surface area contributed by atoms with E-state index >= 15 is 0 Å². The molecule has 0 aliphatic rings. The standard InChI is InChI=1S/C12H13FN2O3/c1-16-10-4-8(9-6-15-18-12(9)14)11(17-2)3-7(10)5-13/h3-4,6H,5,14H2,1-2H3. The summed E-state index contributed by atoms with van der Waals surface area (Å²) in [4.78, 5) is 0. The van der Waals surface area contributed by atoms with Gasteiger partial charge in [-0.3, -0.25) is 0 Å². The summed E-state index contributed by atoms with van der Waals surface area (Å²) in [5.74, 6) is 1.08. The smallest absolute Gasteiger partial charge is 0.230 e. The van der Waals surface area contributed by atoms with Crippen molar-refractivity contribution < 1.29 is 18.4 Å². The minimum Gasteiger partial charge on any atom is -0.496 e. The van der Waals surface area contributed by atoms with Crippen molar-refractivity contribution in [3.8, 4) is 22.6 Å². The second-order valence-corrected chi connectivity index (χ2v) is 3.60. The first-order valence-corrected chi connectivity index (χ1v) is 5.22. The van der Waals surface area contributed by atoms with Crippen LogP contribution in [0.15, 0.2) is 22.9 Å². The molecule has 0 spiro atoms. The van der Waals surface area contributed by atoms with Gasteiger partial charge < -0.3 is 19.7 Å². The Balaban J connectivity index is 2.62. The summed E-state index contributed by atoms with van der Waals surface area (Å²) in [6, 6.07) is 3.22. The van der Waals surface area contributed by atoms with Gasteiger partial charge in [0.15, 0.2) is 0 Å². The number of aromatic nitrogens is 1. The number of ether oxygens (including phenoxy) is 2. The van der Waals surface area contributed by atoms with Crippen LogP contribution in [0.25, 0.3) is 11.1 Å². The molecule has 0 aliphatic heterocycles. The second kappa shape index (κ2) is 4.95. The van der Waals surface area contributed by atoms with Gasteiger partial charge in [0, 0.05) is 11.1 Å². The molecule has 5 nitrogen and oxygen atoms in total. The highest BCUT2D eigenvalue weighted by Gasteiger charge is 2.16. The third kappa shape index (κ3) is 1.97. The lowest BCUT2D eigenvalue weighted by Crippen LogP contribution is -1.96. The maximum atomic E-state index is 12.9. The summed E-state index contributed by atoms with van der Waals surface area (Å²) in [5.41, 5.74) is 7.29. The van der Waals surface area contributed by atoms with Gasteiger partial charge >= 0.3 is 0 Å². The van der Waals surface area contributed by atoms with Crippen molar-refractivity contribution in [1.29, 1.82) is 0 Å². The number of nitrogen functional groups attached to an aromatic ring is 1. The van der Waals surface area contributed by atoms with Crippen molar-refractivity contribution in [3.63, 3.8) is 0 Å². The monoisotopic (exact) mass is 252 g/mol. The number of hydrogen-bond donors (Lipinski definition) is 1. The summed E-state index contributed by atoms with van der Waals surface area (Å²) in [7, 11) is 2.97. The van der Waals surface area contributed by atoms with Crippen LogP contribution in [0.5, 0.6) is 11.5 Å². The molecule has 0 bridgehead atoms. The highest BCUT2D eigenvalue weighted by Crippen LogP contribution is 2.38. The van der Waals surface area contributed by atoms with Crippen LogP contribution in [0.2, 0.25) is 0 Å². The lowest BCUT2D eigenvalue weighted by molar-refractivity contribution is 0.386. The number of nitrogens with two attached hydrogens (primary N) is 1. The normalized spacial score (nSPS) is 10.4. The molecule has 0 atom stereocenters.